The van der Waals surface area contributed by atoms with Crippen molar-refractivity contribution in [3.8, 4) is 11.5 Å². The Morgan fingerprint density at radius 2 is 1.59 bits per heavy atom. The topological polar surface area (TPSA) is 44.5 Å². The van der Waals surface area contributed by atoms with Crippen LogP contribution < -0.4 is 9.47 Å². The Morgan fingerprint density at radius 1 is 0.909 bits per heavy atom. The number of nitrogens with zero attached hydrogens (tertiary/aromatic N) is 1. The van der Waals surface area contributed by atoms with Crippen LogP contribution in [0.25, 0.3) is 11.1 Å². The maximum absolute atomic E-state index is 12.4. The first-order valence-electron chi connectivity index (χ1n) is 6.59. The fraction of sp³-hybridized carbons (Fsp3) is 0.188. The van der Waals surface area contributed by atoms with Gasteiger partial charge in [0.05, 0.1) is 0 Å². The molecular weight excluding hydrogens is 292 g/mol. The van der Waals surface area contributed by atoms with Crippen LogP contribution in [0.2, 0.25) is 0 Å². The number of oxazole rings is 1. The summed E-state index contributed by atoms with van der Waals surface area (Å²) in [5, 5.41) is 0. The molecule has 2 heterocycles. The summed E-state index contributed by atoms with van der Waals surface area (Å²) in [6.45, 7) is 3.83. The number of aryl methyl sites for hydroxylation is 2. The summed E-state index contributed by atoms with van der Waals surface area (Å²) in [5.74, 6) is 0.186. The molecule has 4 nitrogen and oxygen atoms in total. The van der Waals surface area contributed by atoms with Crippen LogP contribution in [-0.2, 0) is 0 Å². The van der Waals surface area contributed by atoms with Crippen LogP contribution in [0.1, 0.15) is 11.1 Å². The number of hydrogen-bond acceptors (Lipinski definition) is 4. The molecule has 1 aliphatic rings. The van der Waals surface area contributed by atoms with E-state index in [-0.39, 0.29) is 11.5 Å². The number of fused-ring (bicyclic) bond motifs is 2. The zero-order chi connectivity index (χ0) is 15.7. The van der Waals surface area contributed by atoms with Gasteiger partial charge in [-0.05, 0) is 49.2 Å². The smallest absolute Gasteiger partial charge is 0.443 e. The van der Waals surface area contributed by atoms with Crippen molar-refractivity contribution in [2.75, 3.05) is 0 Å². The standard InChI is InChI=1S/C8H6F2O2.C8H7NO/c1-5-2-3-6-7(4-5)12-8(9,10)11-6;1-6-2-3-8-7(4-6)9-5-10-8/h2-4H,1H3;2-5H,1H3. The highest BCUT2D eigenvalue weighted by molar-refractivity contribution is 5.72. The molecule has 2 aromatic carbocycles. The van der Waals surface area contributed by atoms with Crippen molar-refractivity contribution in [3.05, 3.63) is 53.9 Å². The number of alkyl halides is 2. The molecule has 0 radical (unpaired) electrons. The van der Waals surface area contributed by atoms with E-state index in [1.807, 2.05) is 25.1 Å². The molecule has 0 spiro atoms. The zero-order valence-electron chi connectivity index (χ0n) is 12.0. The van der Waals surface area contributed by atoms with Gasteiger partial charge in [-0.25, -0.2) is 4.98 Å². The summed E-state index contributed by atoms with van der Waals surface area (Å²) in [7, 11) is 0. The second kappa shape index (κ2) is 5.29. The fourth-order valence-corrected chi connectivity index (χ4v) is 2.02. The van der Waals surface area contributed by atoms with Crippen molar-refractivity contribution in [3.63, 3.8) is 0 Å². The van der Waals surface area contributed by atoms with E-state index in [0.29, 0.717) is 0 Å². The molecular formula is C16H13F2NO3. The molecule has 0 aliphatic carbocycles. The zero-order valence-corrected chi connectivity index (χ0v) is 12.0. The molecule has 0 bridgehead atoms. The van der Waals surface area contributed by atoms with Crippen LogP contribution in [0.5, 0.6) is 11.5 Å². The maximum Gasteiger partial charge on any atom is 0.586 e. The minimum absolute atomic E-state index is 0.0885. The average molecular weight is 305 g/mol. The molecule has 0 saturated heterocycles. The molecule has 1 aliphatic heterocycles. The summed E-state index contributed by atoms with van der Waals surface area (Å²) >= 11 is 0. The van der Waals surface area contributed by atoms with E-state index < -0.39 is 6.29 Å². The highest BCUT2D eigenvalue weighted by Gasteiger charge is 2.43. The van der Waals surface area contributed by atoms with Crippen molar-refractivity contribution in [2.24, 2.45) is 0 Å². The van der Waals surface area contributed by atoms with E-state index in [2.05, 4.69) is 14.5 Å². The number of aromatic nitrogens is 1. The molecule has 3 aromatic rings. The van der Waals surface area contributed by atoms with Crippen LogP contribution in [0.15, 0.2) is 47.2 Å². The lowest BCUT2D eigenvalue weighted by atomic mass is 10.2. The highest BCUT2D eigenvalue weighted by atomic mass is 19.3. The Bertz CT molecular complexity index is 814. The van der Waals surface area contributed by atoms with Gasteiger partial charge in [0.25, 0.3) is 0 Å². The van der Waals surface area contributed by atoms with Crippen LogP contribution in [0.3, 0.4) is 0 Å². The maximum atomic E-state index is 12.4. The number of rotatable bonds is 0. The first-order valence-corrected chi connectivity index (χ1v) is 6.59. The average Bonchev–Trinajstić information content (AvgIpc) is 3.00. The molecule has 22 heavy (non-hydrogen) atoms. The largest absolute Gasteiger partial charge is 0.586 e. The number of benzene rings is 2. The molecule has 0 amide bonds. The van der Waals surface area contributed by atoms with E-state index in [4.69, 9.17) is 4.42 Å². The van der Waals surface area contributed by atoms with Gasteiger partial charge in [-0.3, -0.25) is 0 Å². The van der Waals surface area contributed by atoms with E-state index in [0.717, 1.165) is 16.7 Å². The SMILES string of the molecule is Cc1ccc2c(c1)OC(F)(F)O2.Cc1ccc2ocnc2c1. The fourth-order valence-electron chi connectivity index (χ4n) is 2.02. The third kappa shape index (κ3) is 3.00. The van der Waals surface area contributed by atoms with Crippen molar-refractivity contribution < 1.29 is 22.7 Å². The molecule has 0 fully saturated rings. The molecule has 6 heteroatoms. The van der Waals surface area contributed by atoms with Gasteiger partial charge < -0.3 is 13.9 Å². The number of ether oxygens (including phenoxy) is 2. The number of halogens is 2. The third-order valence-corrected chi connectivity index (χ3v) is 3.04. The van der Waals surface area contributed by atoms with Crippen LogP contribution in [-0.4, -0.2) is 11.3 Å². The Labute approximate surface area is 125 Å². The van der Waals surface area contributed by atoms with Crippen LogP contribution in [0.4, 0.5) is 8.78 Å². The van der Waals surface area contributed by atoms with Gasteiger partial charge in [0.1, 0.15) is 5.52 Å². The van der Waals surface area contributed by atoms with Gasteiger partial charge in [-0.15, -0.1) is 8.78 Å². The minimum atomic E-state index is -3.50. The predicted octanol–water partition coefficient (Wildman–Crippen LogP) is 4.45. The second-order valence-corrected chi connectivity index (χ2v) is 4.94. The van der Waals surface area contributed by atoms with E-state index in [1.165, 1.54) is 24.1 Å². The predicted molar refractivity (Wildman–Crippen MR) is 76.1 cm³/mol. The van der Waals surface area contributed by atoms with Gasteiger partial charge in [-0.1, -0.05) is 12.1 Å². The van der Waals surface area contributed by atoms with Crippen molar-refractivity contribution in [1.29, 1.82) is 0 Å². The van der Waals surface area contributed by atoms with Crippen molar-refractivity contribution >= 4 is 11.1 Å². The normalized spacial score (nSPS) is 14.5. The summed E-state index contributed by atoms with van der Waals surface area (Å²) in [6.07, 6.45) is -2.04. The first-order chi connectivity index (χ1) is 10.4. The van der Waals surface area contributed by atoms with Crippen molar-refractivity contribution in [2.45, 2.75) is 20.1 Å². The van der Waals surface area contributed by atoms with Crippen molar-refractivity contribution in [1.82, 2.24) is 4.98 Å². The highest BCUT2D eigenvalue weighted by Crippen LogP contribution is 2.40. The molecule has 0 atom stereocenters. The molecule has 4 rings (SSSR count). The Kier molecular flexibility index (Phi) is 3.44. The Hall–Kier alpha value is -2.63. The van der Waals surface area contributed by atoms with E-state index in [9.17, 15) is 8.78 Å². The van der Waals surface area contributed by atoms with Gasteiger partial charge in [0, 0.05) is 0 Å². The second-order valence-electron chi connectivity index (χ2n) is 4.94. The molecule has 0 N–H and O–H groups in total. The lowest BCUT2D eigenvalue weighted by Gasteiger charge is -2.04. The Morgan fingerprint density at radius 3 is 2.41 bits per heavy atom. The molecule has 1 aromatic heterocycles. The van der Waals surface area contributed by atoms with Gasteiger partial charge >= 0.3 is 6.29 Å². The monoisotopic (exact) mass is 305 g/mol. The molecule has 114 valence electrons. The van der Waals surface area contributed by atoms with Crippen LogP contribution in [0, 0.1) is 13.8 Å². The lowest BCUT2D eigenvalue weighted by molar-refractivity contribution is -0.286. The minimum Gasteiger partial charge on any atom is -0.443 e. The summed E-state index contributed by atoms with van der Waals surface area (Å²) in [5.41, 5.74) is 3.85. The van der Waals surface area contributed by atoms with Gasteiger partial charge in [0.2, 0.25) is 0 Å². The quantitative estimate of drug-likeness (QED) is 0.615. The summed E-state index contributed by atoms with van der Waals surface area (Å²) < 4.78 is 38.3. The number of hydrogen-bond donors (Lipinski definition) is 0. The first kappa shape index (κ1) is 14.3. The van der Waals surface area contributed by atoms with E-state index in [1.54, 1.807) is 13.0 Å². The third-order valence-electron chi connectivity index (χ3n) is 3.04. The summed E-state index contributed by atoms with van der Waals surface area (Å²) in [6, 6.07) is 10.6. The van der Waals surface area contributed by atoms with E-state index >= 15 is 0 Å². The van der Waals surface area contributed by atoms with Crippen LogP contribution >= 0.6 is 0 Å². The lowest BCUT2D eigenvalue weighted by Crippen LogP contribution is -2.25. The summed E-state index contributed by atoms with van der Waals surface area (Å²) in [4.78, 5) is 4.01. The van der Waals surface area contributed by atoms with Gasteiger partial charge in [-0.2, -0.15) is 0 Å². The molecule has 0 unspecified atom stereocenters. The molecule has 0 saturated carbocycles. The Balaban J connectivity index is 0.000000133. The van der Waals surface area contributed by atoms with Gasteiger partial charge in [0.15, 0.2) is 23.5 Å².